The highest BCUT2D eigenvalue weighted by Gasteiger charge is 2.26. The van der Waals surface area contributed by atoms with Gasteiger partial charge in [0.1, 0.15) is 11.5 Å². The van der Waals surface area contributed by atoms with Crippen LogP contribution in [0.15, 0.2) is 36.4 Å². The first-order valence-corrected chi connectivity index (χ1v) is 5.73. The zero-order chi connectivity index (χ0) is 12.7. The van der Waals surface area contributed by atoms with Gasteiger partial charge in [-0.1, -0.05) is 24.3 Å². The van der Waals surface area contributed by atoms with Gasteiger partial charge in [-0.25, -0.2) is 0 Å². The van der Waals surface area contributed by atoms with E-state index in [1.165, 1.54) is 13.2 Å². The number of ketones is 1. The van der Waals surface area contributed by atoms with E-state index < -0.39 is 0 Å². The number of carbonyl (C=O) groups is 1. The monoisotopic (exact) mass is 240 g/mol. The fourth-order valence-electron chi connectivity index (χ4n) is 2.45. The Hall–Kier alpha value is -2.29. The Kier molecular flexibility index (Phi) is 2.33. The van der Waals surface area contributed by atoms with E-state index in [0.29, 0.717) is 23.3 Å². The minimum Gasteiger partial charge on any atom is -0.508 e. The van der Waals surface area contributed by atoms with E-state index >= 15 is 0 Å². The molecule has 0 saturated carbocycles. The maximum absolute atomic E-state index is 12.4. The number of rotatable bonds is 1. The third-order valence-corrected chi connectivity index (χ3v) is 3.26. The van der Waals surface area contributed by atoms with Gasteiger partial charge in [-0.2, -0.15) is 0 Å². The summed E-state index contributed by atoms with van der Waals surface area (Å²) in [7, 11) is 1.50. The fraction of sp³-hybridized carbons (Fsp3) is 0.133. The van der Waals surface area contributed by atoms with E-state index in [1.54, 1.807) is 6.07 Å². The lowest BCUT2D eigenvalue weighted by Gasteiger charge is -2.20. The van der Waals surface area contributed by atoms with Gasteiger partial charge in [0.25, 0.3) is 0 Å². The smallest absolute Gasteiger partial charge is 0.197 e. The van der Waals surface area contributed by atoms with Crippen molar-refractivity contribution in [2.24, 2.45) is 0 Å². The van der Waals surface area contributed by atoms with Gasteiger partial charge < -0.3 is 9.84 Å². The van der Waals surface area contributed by atoms with Crippen molar-refractivity contribution < 1.29 is 14.6 Å². The fourth-order valence-corrected chi connectivity index (χ4v) is 2.45. The van der Waals surface area contributed by atoms with Crippen LogP contribution in [0.25, 0.3) is 0 Å². The second-order valence-corrected chi connectivity index (χ2v) is 4.35. The van der Waals surface area contributed by atoms with Crippen molar-refractivity contribution >= 4 is 5.78 Å². The molecule has 0 fully saturated rings. The van der Waals surface area contributed by atoms with Gasteiger partial charge in [0, 0.05) is 11.6 Å². The van der Waals surface area contributed by atoms with Gasteiger partial charge in [-0.05, 0) is 23.6 Å². The Morgan fingerprint density at radius 3 is 2.72 bits per heavy atom. The van der Waals surface area contributed by atoms with Crippen molar-refractivity contribution in [3.8, 4) is 11.5 Å². The average molecular weight is 240 g/mol. The molecular formula is C15H12O3. The third-order valence-electron chi connectivity index (χ3n) is 3.26. The predicted molar refractivity (Wildman–Crippen MR) is 67.3 cm³/mol. The topological polar surface area (TPSA) is 46.5 Å². The summed E-state index contributed by atoms with van der Waals surface area (Å²) in [4.78, 5) is 12.4. The van der Waals surface area contributed by atoms with Crippen LogP contribution in [0.2, 0.25) is 0 Å². The first-order valence-electron chi connectivity index (χ1n) is 5.73. The number of hydrogen-bond acceptors (Lipinski definition) is 3. The molecule has 0 heterocycles. The first-order chi connectivity index (χ1) is 8.70. The van der Waals surface area contributed by atoms with Gasteiger partial charge in [0.2, 0.25) is 0 Å². The molecule has 0 amide bonds. The highest BCUT2D eigenvalue weighted by atomic mass is 16.5. The normalized spacial score (nSPS) is 12.8. The Morgan fingerprint density at radius 2 is 1.94 bits per heavy atom. The molecule has 0 aliphatic heterocycles. The molecule has 0 aromatic heterocycles. The number of benzene rings is 2. The van der Waals surface area contributed by atoms with Crippen molar-refractivity contribution in [2.75, 3.05) is 7.11 Å². The van der Waals surface area contributed by atoms with Gasteiger partial charge in [0.05, 0.1) is 12.7 Å². The Bertz CT molecular complexity index is 644. The molecule has 90 valence electrons. The van der Waals surface area contributed by atoms with E-state index in [-0.39, 0.29) is 11.5 Å². The summed E-state index contributed by atoms with van der Waals surface area (Å²) in [5.74, 6) is 0.519. The quantitative estimate of drug-likeness (QED) is 0.711. The van der Waals surface area contributed by atoms with Crippen molar-refractivity contribution in [2.45, 2.75) is 6.42 Å². The highest BCUT2D eigenvalue weighted by molar-refractivity contribution is 6.14. The van der Waals surface area contributed by atoms with E-state index in [1.807, 2.05) is 24.3 Å². The van der Waals surface area contributed by atoms with Crippen LogP contribution in [0.5, 0.6) is 11.5 Å². The van der Waals surface area contributed by atoms with Crippen LogP contribution < -0.4 is 4.74 Å². The molecule has 0 spiro atoms. The number of ether oxygens (including phenoxy) is 1. The lowest BCUT2D eigenvalue weighted by atomic mass is 9.84. The molecule has 2 aromatic rings. The van der Waals surface area contributed by atoms with Crippen molar-refractivity contribution in [3.05, 3.63) is 58.7 Å². The number of phenols is 1. The SMILES string of the molecule is COc1cc(O)cc2c1C(=O)c1ccccc1C2. The summed E-state index contributed by atoms with van der Waals surface area (Å²) < 4.78 is 5.20. The average Bonchev–Trinajstić information content (AvgIpc) is 2.37. The number of methoxy groups -OCH3 is 1. The molecule has 0 bridgehead atoms. The molecule has 0 radical (unpaired) electrons. The zero-order valence-corrected chi connectivity index (χ0v) is 9.93. The number of fused-ring (bicyclic) bond motifs is 2. The molecule has 1 N–H and O–H groups in total. The minimum absolute atomic E-state index is 0.0382. The number of hydrogen-bond donors (Lipinski definition) is 1. The molecule has 0 atom stereocenters. The molecule has 1 aliphatic rings. The lowest BCUT2D eigenvalue weighted by molar-refractivity contribution is 0.103. The maximum Gasteiger partial charge on any atom is 0.197 e. The summed E-state index contributed by atoms with van der Waals surface area (Å²) >= 11 is 0. The van der Waals surface area contributed by atoms with Crippen molar-refractivity contribution in [3.63, 3.8) is 0 Å². The summed E-state index contributed by atoms with van der Waals surface area (Å²) in [6, 6.07) is 10.6. The van der Waals surface area contributed by atoms with Crippen LogP contribution in [0.4, 0.5) is 0 Å². The number of carbonyl (C=O) groups excluding carboxylic acids is 1. The molecule has 2 aromatic carbocycles. The Balaban J connectivity index is 2.25. The number of aromatic hydroxyl groups is 1. The van der Waals surface area contributed by atoms with Gasteiger partial charge in [-0.15, -0.1) is 0 Å². The standard InChI is InChI=1S/C15H12O3/c1-18-13-8-11(16)7-10-6-9-4-2-3-5-12(9)15(17)14(10)13/h2-5,7-8,16H,6H2,1H3. The Labute approximate surface area is 105 Å². The van der Waals surface area contributed by atoms with Crippen LogP contribution >= 0.6 is 0 Å². The maximum atomic E-state index is 12.4. The first kappa shape index (κ1) is 10.8. The van der Waals surface area contributed by atoms with Crippen LogP contribution in [-0.2, 0) is 6.42 Å². The largest absolute Gasteiger partial charge is 0.508 e. The summed E-state index contributed by atoms with van der Waals surface area (Å²) in [6.07, 6.45) is 0.641. The molecule has 0 unspecified atom stereocenters. The van der Waals surface area contributed by atoms with E-state index in [9.17, 15) is 9.90 Å². The molecule has 3 rings (SSSR count). The second-order valence-electron chi connectivity index (χ2n) is 4.35. The van der Waals surface area contributed by atoms with E-state index in [0.717, 1.165) is 11.1 Å². The third kappa shape index (κ3) is 1.48. The van der Waals surface area contributed by atoms with E-state index in [4.69, 9.17) is 4.74 Å². The summed E-state index contributed by atoms with van der Waals surface area (Å²) in [6.45, 7) is 0. The molecule has 3 nitrogen and oxygen atoms in total. The van der Waals surface area contributed by atoms with Crippen LogP contribution in [0.1, 0.15) is 27.0 Å². The zero-order valence-electron chi connectivity index (χ0n) is 9.93. The van der Waals surface area contributed by atoms with Crippen LogP contribution in [0.3, 0.4) is 0 Å². The molecule has 18 heavy (non-hydrogen) atoms. The van der Waals surface area contributed by atoms with Crippen molar-refractivity contribution in [1.82, 2.24) is 0 Å². The predicted octanol–water partition coefficient (Wildman–Crippen LogP) is 2.54. The molecule has 0 saturated heterocycles. The van der Waals surface area contributed by atoms with Gasteiger partial charge in [0.15, 0.2) is 5.78 Å². The molecular weight excluding hydrogens is 228 g/mol. The van der Waals surface area contributed by atoms with E-state index in [2.05, 4.69) is 0 Å². The van der Waals surface area contributed by atoms with Gasteiger partial charge >= 0.3 is 0 Å². The second kappa shape index (κ2) is 3.88. The van der Waals surface area contributed by atoms with Crippen molar-refractivity contribution in [1.29, 1.82) is 0 Å². The Morgan fingerprint density at radius 1 is 1.17 bits per heavy atom. The lowest BCUT2D eigenvalue weighted by Crippen LogP contribution is -2.16. The van der Waals surface area contributed by atoms with Gasteiger partial charge in [-0.3, -0.25) is 4.79 Å². The molecule has 3 heteroatoms. The summed E-state index contributed by atoms with van der Waals surface area (Å²) in [5, 5.41) is 9.64. The van der Waals surface area contributed by atoms with Crippen LogP contribution in [0, 0.1) is 0 Å². The molecule has 1 aliphatic carbocycles. The summed E-state index contributed by atoms with van der Waals surface area (Å²) in [5.41, 5.74) is 3.08. The highest BCUT2D eigenvalue weighted by Crippen LogP contribution is 2.35. The minimum atomic E-state index is -0.0382. The number of phenolic OH excluding ortho intramolecular Hbond substituents is 1. The van der Waals surface area contributed by atoms with Crippen LogP contribution in [-0.4, -0.2) is 18.0 Å².